The SMILES string of the molecule is CC(C)O.CC(C)O.CCC(C(C)=O)C(=O)[O-].CCC(C(C)=O)C(=O)[O-].[Ti+2]. The third-order valence-electron chi connectivity index (χ3n) is 2.37. The summed E-state index contributed by atoms with van der Waals surface area (Å²) in [6.45, 7) is 12.7. The fourth-order valence-electron chi connectivity index (χ4n) is 1.24. The van der Waals surface area contributed by atoms with Crippen LogP contribution in [0.2, 0.25) is 0 Å². The zero-order chi connectivity index (χ0) is 22.0. The molecule has 0 spiro atoms. The smallest absolute Gasteiger partial charge is 0.549 e. The number of carbonyl (C=O) groups is 4. The van der Waals surface area contributed by atoms with Gasteiger partial charge in [-0.25, -0.2) is 0 Å². The number of aliphatic carboxylic acids is 2. The van der Waals surface area contributed by atoms with Crippen LogP contribution in [0.15, 0.2) is 0 Å². The molecule has 8 nitrogen and oxygen atoms in total. The number of carboxylic acids is 2. The van der Waals surface area contributed by atoms with Crippen LogP contribution in [0.25, 0.3) is 0 Å². The third-order valence-corrected chi connectivity index (χ3v) is 2.37. The Labute approximate surface area is 177 Å². The average molecular weight is 426 g/mol. The number of aliphatic hydroxyl groups excluding tert-OH is 2. The molecular weight excluding hydrogens is 392 g/mol. The van der Waals surface area contributed by atoms with E-state index in [1.54, 1.807) is 41.5 Å². The Bertz CT molecular complexity index is 337. The molecule has 9 heteroatoms. The van der Waals surface area contributed by atoms with Gasteiger partial charge in [-0.3, -0.25) is 9.59 Å². The first-order valence-electron chi connectivity index (χ1n) is 8.44. The molecule has 0 radical (unpaired) electrons. The van der Waals surface area contributed by atoms with Gasteiger partial charge in [0.15, 0.2) is 0 Å². The molecule has 0 amide bonds. The van der Waals surface area contributed by atoms with E-state index in [1.807, 2.05) is 0 Å². The summed E-state index contributed by atoms with van der Waals surface area (Å²) in [6.07, 6.45) is 0.301. The van der Waals surface area contributed by atoms with Gasteiger partial charge in [-0.2, -0.15) is 0 Å². The van der Waals surface area contributed by atoms with Crippen molar-refractivity contribution in [3.8, 4) is 0 Å². The molecule has 0 aliphatic rings. The number of carbonyl (C=O) groups excluding carboxylic acids is 4. The van der Waals surface area contributed by atoms with Gasteiger partial charge in [-0.05, 0) is 54.4 Å². The predicted octanol–water partition coefficient (Wildman–Crippen LogP) is -0.525. The molecule has 0 fully saturated rings. The summed E-state index contributed by atoms with van der Waals surface area (Å²) in [6, 6.07) is 0. The molecule has 0 aliphatic carbocycles. The van der Waals surface area contributed by atoms with E-state index in [9.17, 15) is 29.4 Å². The van der Waals surface area contributed by atoms with Crippen LogP contribution in [0.4, 0.5) is 0 Å². The number of rotatable bonds is 6. The number of hydrogen-bond acceptors (Lipinski definition) is 8. The van der Waals surface area contributed by atoms with Crippen molar-refractivity contribution in [2.75, 3.05) is 0 Å². The first-order chi connectivity index (χ1) is 11.6. The summed E-state index contributed by atoms with van der Waals surface area (Å²) in [7, 11) is 0. The van der Waals surface area contributed by atoms with Crippen molar-refractivity contribution < 1.29 is 61.3 Å². The maximum absolute atomic E-state index is 10.4. The van der Waals surface area contributed by atoms with Crippen LogP contribution in [0.3, 0.4) is 0 Å². The zero-order valence-electron chi connectivity index (χ0n) is 17.6. The third kappa shape index (κ3) is 36.6. The molecule has 0 aromatic heterocycles. The first kappa shape index (κ1) is 36.8. The van der Waals surface area contributed by atoms with Crippen molar-refractivity contribution in [3.63, 3.8) is 0 Å². The Kier molecular flexibility index (Phi) is 31.3. The molecule has 0 aromatic rings. The number of carboxylic acid groups (broad SMARTS) is 2. The van der Waals surface area contributed by atoms with E-state index < -0.39 is 23.8 Å². The predicted molar refractivity (Wildman–Crippen MR) is 93.6 cm³/mol. The Morgan fingerprint density at radius 3 is 0.852 bits per heavy atom. The van der Waals surface area contributed by atoms with Gasteiger partial charge < -0.3 is 30.0 Å². The zero-order valence-corrected chi connectivity index (χ0v) is 19.1. The minimum absolute atomic E-state index is 0. The second-order valence-corrected chi connectivity index (χ2v) is 5.97. The van der Waals surface area contributed by atoms with Gasteiger partial charge in [0, 0.05) is 12.2 Å². The van der Waals surface area contributed by atoms with Crippen LogP contribution < -0.4 is 10.2 Å². The maximum atomic E-state index is 10.4. The van der Waals surface area contributed by atoms with Crippen molar-refractivity contribution in [2.24, 2.45) is 11.8 Å². The van der Waals surface area contributed by atoms with Gasteiger partial charge in [0.25, 0.3) is 0 Å². The Morgan fingerprint density at radius 1 is 0.704 bits per heavy atom. The van der Waals surface area contributed by atoms with Gasteiger partial charge in [0.2, 0.25) is 0 Å². The molecule has 27 heavy (non-hydrogen) atoms. The van der Waals surface area contributed by atoms with Crippen LogP contribution in [-0.2, 0) is 40.9 Å². The monoisotopic (exact) mass is 426 g/mol. The fourth-order valence-corrected chi connectivity index (χ4v) is 1.24. The second kappa shape index (κ2) is 23.0. The van der Waals surface area contributed by atoms with E-state index in [4.69, 9.17) is 10.2 Å². The Hall–Kier alpha value is -1.09. The van der Waals surface area contributed by atoms with Gasteiger partial charge >= 0.3 is 21.7 Å². The number of ketones is 2. The van der Waals surface area contributed by atoms with Crippen LogP contribution >= 0.6 is 0 Å². The van der Waals surface area contributed by atoms with E-state index in [-0.39, 0.29) is 45.5 Å². The molecule has 0 bridgehead atoms. The van der Waals surface area contributed by atoms with Gasteiger partial charge in [0.1, 0.15) is 11.6 Å². The molecule has 2 unspecified atom stereocenters. The normalized spacial score (nSPS) is 11.1. The second-order valence-electron chi connectivity index (χ2n) is 5.97. The molecule has 2 atom stereocenters. The van der Waals surface area contributed by atoms with Crippen LogP contribution in [0.5, 0.6) is 0 Å². The first-order valence-corrected chi connectivity index (χ1v) is 8.44. The maximum Gasteiger partial charge on any atom is 2.00 e. The van der Waals surface area contributed by atoms with Gasteiger partial charge in [-0.15, -0.1) is 0 Å². The van der Waals surface area contributed by atoms with Crippen LogP contribution in [0, 0.1) is 11.8 Å². The molecule has 0 aromatic carbocycles. The summed E-state index contributed by atoms with van der Waals surface area (Å²) in [4.78, 5) is 40.9. The summed E-state index contributed by atoms with van der Waals surface area (Å²) in [5.41, 5.74) is 0. The van der Waals surface area contributed by atoms with E-state index >= 15 is 0 Å². The number of Topliss-reactive ketones (excluding diaryl/α,β-unsaturated/α-hetero) is 2. The van der Waals surface area contributed by atoms with E-state index in [1.165, 1.54) is 13.8 Å². The standard InChI is InChI=1S/2C6H10O3.2C3H8O.Ti/c2*1-3-5(4(2)7)6(8)9;2*1-3(2)4;/h2*5H,3H2,1-2H3,(H,8,9);2*3-4H,1-2H3;/q;;;;+2/p-2. The minimum Gasteiger partial charge on any atom is -0.549 e. The van der Waals surface area contributed by atoms with Gasteiger partial charge in [-0.1, -0.05) is 13.8 Å². The number of hydrogen-bond donors (Lipinski definition) is 2. The van der Waals surface area contributed by atoms with E-state index in [2.05, 4.69) is 0 Å². The Balaban J connectivity index is -0.0000000843. The van der Waals surface area contributed by atoms with Crippen molar-refractivity contribution in [3.05, 3.63) is 0 Å². The topological polar surface area (TPSA) is 155 Å². The molecule has 0 aliphatic heterocycles. The molecule has 0 saturated carbocycles. The molecule has 0 heterocycles. The van der Waals surface area contributed by atoms with Crippen molar-refractivity contribution in [1.29, 1.82) is 0 Å². The van der Waals surface area contributed by atoms with E-state index in [0.717, 1.165) is 0 Å². The van der Waals surface area contributed by atoms with Crippen LogP contribution in [0.1, 0.15) is 68.2 Å². The molecular formula is C18H34O8Ti. The minimum atomic E-state index is -1.27. The van der Waals surface area contributed by atoms with Gasteiger partial charge in [0.05, 0.1) is 23.8 Å². The van der Waals surface area contributed by atoms with Crippen molar-refractivity contribution in [2.45, 2.75) is 80.4 Å². The Morgan fingerprint density at radius 2 is 0.852 bits per heavy atom. The summed E-state index contributed by atoms with van der Waals surface area (Å²) >= 11 is 0. The van der Waals surface area contributed by atoms with E-state index in [0.29, 0.717) is 12.8 Å². The molecule has 0 saturated heterocycles. The van der Waals surface area contributed by atoms with Crippen molar-refractivity contribution >= 4 is 23.5 Å². The quantitative estimate of drug-likeness (QED) is 0.424. The molecule has 0 rings (SSSR count). The molecule has 158 valence electrons. The number of aliphatic hydroxyl groups is 2. The largest absolute Gasteiger partial charge is 2.00 e. The average Bonchev–Trinajstić information content (AvgIpc) is 2.37. The van der Waals surface area contributed by atoms with Crippen LogP contribution in [-0.4, -0.2) is 45.9 Å². The fraction of sp³-hybridized carbons (Fsp3) is 0.778. The summed E-state index contributed by atoms with van der Waals surface area (Å²) < 4.78 is 0. The van der Waals surface area contributed by atoms with Crippen molar-refractivity contribution in [1.82, 2.24) is 0 Å². The summed E-state index contributed by atoms with van der Waals surface area (Å²) in [5, 5.41) is 36.2. The molecule has 2 N–H and O–H groups in total. The summed E-state index contributed by atoms with van der Waals surface area (Å²) in [5.74, 6) is -5.04.